The van der Waals surface area contributed by atoms with Crippen LogP contribution < -0.4 is 10.6 Å². The molecule has 0 atom stereocenters. The standard InChI is InChI=1S/C14H19BrN2O.ClH/c1-10-2-3-12(9-13(10)15)17-14(18)8-11-4-6-16-7-5-11;/h2-3,9,11,16H,4-8H2,1H3,(H,17,18);1H. The Kier molecular flexibility index (Phi) is 6.83. The highest BCUT2D eigenvalue weighted by Crippen LogP contribution is 2.22. The van der Waals surface area contributed by atoms with E-state index in [9.17, 15) is 4.79 Å². The second-order valence-corrected chi connectivity index (χ2v) is 5.76. The summed E-state index contributed by atoms with van der Waals surface area (Å²) in [6, 6.07) is 5.90. The Bertz CT molecular complexity index is 433. The van der Waals surface area contributed by atoms with Gasteiger partial charge in [-0.05, 0) is 56.5 Å². The van der Waals surface area contributed by atoms with Crippen LogP contribution in [0.5, 0.6) is 0 Å². The van der Waals surface area contributed by atoms with E-state index in [4.69, 9.17) is 0 Å². The molecule has 2 N–H and O–H groups in total. The first kappa shape index (κ1) is 16.5. The Balaban J connectivity index is 0.00000180. The van der Waals surface area contributed by atoms with Crippen LogP contribution in [0.4, 0.5) is 5.69 Å². The highest BCUT2D eigenvalue weighted by molar-refractivity contribution is 9.10. The quantitative estimate of drug-likeness (QED) is 0.878. The molecule has 3 nitrogen and oxygen atoms in total. The molecule has 19 heavy (non-hydrogen) atoms. The third-order valence-electron chi connectivity index (χ3n) is 3.39. The van der Waals surface area contributed by atoms with Crippen molar-refractivity contribution in [2.24, 2.45) is 5.92 Å². The molecule has 1 heterocycles. The summed E-state index contributed by atoms with van der Waals surface area (Å²) < 4.78 is 1.03. The lowest BCUT2D eigenvalue weighted by Crippen LogP contribution is -2.30. The summed E-state index contributed by atoms with van der Waals surface area (Å²) in [5.74, 6) is 0.651. The van der Waals surface area contributed by atoms with Gasteiger partial charge < -0.3 is 10.6 Å². The van der Waals surface area contributed by atoms with Gasteiger partial charge in [0.05, 0.1) is 0 Å². The molecule has 1 aliphatic heterocycles. The number of halogens is 2. The largest absolute Gasteiger partial charge is 0.326 e. The van der Waals surface area contributed by atoms with Gasteiger partial charge >= 0.3 is 0 Å². The van der Waals surface area contributed by atoms with Crippen molar-refractivity contribution in [3.63, 3.8) is 0 Å². The number of benzene rings is 1. The lowest BCUT2D eigenvalue weighted by molar-refractivity contribution is -0.117. The maximum Gasteiger partial charge on any atom is 0.224 e. The first-order valence-corrected chi connectivity index (χ1v) is 7.21. The number of hydrogen-bond acceptors (Lipinski definition) is 2. The Labute approximate surface area is 129 Å². The minimum atomic E-state index is 0. The fourth-order valence-corrected chi connectivity index (χ4v) is 2.61. The van der Waals surface area contributed by atoms with Gasteiger partial charge in [0.1, 0.15) is 0 Å². The van der Waals surface area contributed by atoms with Crippen molar-refractivity contribution in [3.8, 4) is 0 Å². The predicted octanol–water partition coefficient (Wildman–Crippen LogP) is 3.51. The summed E-state index contributed by atoms with van der Waals surface area (Å²) >= 11 is 3.47. The highest BCUT2D eigenvalue weighted by atomic mass is 79.9. The summed E-state index contributed by atoms with van der Waals surface area (Å²) in [5, 5.41) is 6.28. The van der Waals surface area contributed by atoms with Crippen LogP contribution >= 0.6 is 28.3 Å². The van der Waals surface area contributed by atoms with Crippen LogP contribution in [0, 0.1) is 12.8 Å². The van der Waals surface area contributed by atoms with Crippen LogP contribution in [0.1, 0.15) is 24.8 Å². The average molecular weight is 348 g/mol. The molecular formula is C14H20BrClN2O. The van der Waals surface area contributed by atoms with E-state index in [1.807, 2.05) is 25.1 Å². The van der Waals surface area contributed by atoms with Crippen molar-refractivity contribution in [2.45, 2.75) is 26.2 Å². The van der Waals surface area contributed by atoms with Gasteiger partial charge in [-0.2, -0.15) is 0 Å². The number of nitrogens with one attached hydrogen (secondary N) is 2. The molecule has 2 rings (SSSR count). The van der Waals surface area contributed by atoms with Gasteiger partial charge in [0.2, 0.25) is 5.91 Å². The molecule has 0 aromatic heterocycles. The first-order chi connectivity index (χ1) is 8.65. The molecule has 106 valence electrons. The minimum absolute atomic E-state index is 0. The molecule has 0 saturated carbocycles. The summed E-state index contributed by atoms with van der Waals surface area (Å²) in [5.41, 5.74) is 2.04. The molecular weight excluding hydrogens is 328 g/mol. The van der Waals surface area contributed by atoms with E-state index in [0.717, 1.165) is 36.1 Å². The Hall–Kier alpha value is -0.580. The highest BCUT2D eigenvalue weighted by Gasteiger charge is 2.16. The van der Waals surface area contributed by atoms with Gasteiger partial charge in [0, 0.05) is 16.6 Å². The van der Waals surface area contributed by atoms with Gasteiger partial charge in [-0.3, -0.25) is 4.79 Å². The second-order valence-electron chi connectivity index (χ2n) is 4.91. The van der Waals surface area contributed by atoms with E-state index < -0.39 is 0 Å². The molecule has 0 spiro atoms. The average Bonchev–Trinajstić information content (AvgIpc) is 2.35. The van der Waals surface area contributed by atoms with Crippen LogP contribution in [0.3, 0.4) is 0 Å². The van der Waals surface area contributed by atoms with Crippen molar-refractivity contribution in [3.05, 3.63) is 28.2 Å². The molecule has 1 fully saturated rings. The maximum absolute atomic E-state index is 11.9. The van der Waals surface area contributed by atoms with Crippen LogP contribution in [0.15, 0.2) is 22.7 Å². The maximum atomic E-state index is 11.9. The van der Waals surface area contributed by atoms with E-state index in [1.54, 1.807) is 0 Å². The number of rotatable bonds is 3. The number of carbonyl (C=O) groups is 1. The number of amides is 1. The molecule has 0 bridgehead atoms. The molecule has 1 saturated heterocycles. The van der Waals surface area contributed by atoms with E-state index in [2.05, 4.69) is 26.6 Å². The van der Waals surface area contributed by atoms with Gasteiger partial charge in [-0.1, -0.05) is 22.0 Å². The number of hydrogen-bond donors (Lipinski definition) is 2. The van der Waals surface area contributed by atoms with E-state index in [1.165, 1.54) is 5.56 Å². The summed E-state index contributed by atoms with van der Waals surface area (Å²) in [4.78, 5) is 11.9. The van der Waals surface area contributed by atoms with Crippen LogP contribution in [0.2, 0.25) is 0 Å². The monoisotopic (exact) mass is 346 g/mol. The summed E-state index contributed by atoms with van der Waals surface area (Å²) in [6.45, 7) is 4.10. The van der Waals surface area contributed by atoms with Crippen LogP contribution in [-0.4, -0.2) is 19.0 Å². The SMILES string of the molecule is Cc1ccc(NC(=O)CC2CCNCC2)cc1Br.Cl. The van der Waals surface area contributed by atoms with Crippen LogP contribution in [0.25, 0.3) is 0 Å². The second kappa shape index (κ2) is 7.88. The normalized spacial score (nSPS) is 15.7. The van der Waals surface area contributed by atoms with Gasteiger partial charge in [0.15, 0.2) is 0 Å². The van der Waals surface area contributed by atoms with Crippen LogP contribution in [-0.2, 0) is 4.79 Å². The number of piperidine rings is 1. The van der Waals surface area contributed by atoms with Gasteiger partial charge in [0.25, 0.3) is 0 Å². The lowest BCUT2D eigenvalue weighted by atomic mass is 9.94. The molecule has 0 aliphatic carbocycles. The molecule has 1 aliphatic rings. The van der Waals surface area contributed by atoms with Crippen molar-refractivity contribution < 1.29 is 4.79 Å². The molecule has 1 aromatic carbocycles. The Morgan fingerprint density at radius 3 is 2.74 bits per heavy atom. The summed E-state index contributed by atoms with van der Waals surface area (Å²) in [7, 11) is 0. The van der Waals surface area contributed by atoms with Crippen molar-refractivity contribution in [1.82, 2.24) is 5.32 Å². The van der Waals surface area contributed by atoms with Crippen molar-refractivity contribution >= 4 is 39.9 Å². The zero-order chi connectivity index (χ0) is 13.0. The lowest BCUT2D eigenvalue weighted by Gasteiger charge is -2.21. The third kappa shape index (κ3) is 5.13. The fraction of sp³-hybridized carbons (Fsp3) is 0.500. The zero-order valence-electron chi connectivity index (χ0n) is 11.0. The molecule has 1 amide bonds. The molecule has 0 unspecified atom stereocenters. The number of carbonyl (C=O) groups excluding carboxylic acids is 1. The minimum Gasteiger partial charge on any atom is -0.326 e. The first-order valence-electron chi connectivity index (χ1n) is 6.42. The van der Waals surface area contributed by atoms with E-state index >= 15 is 0 Å². The van der Waals surface area contributed by atoms with Gasteiger partial charge in [-0.25, -0.2) is 0 Å². The predicted molar refractivity (Wildman–Crippen MR) is 85.0 cm³/mol. The smallest absolute Gasteiger partial charge is 0.224 e. The number of anilines is 1. The molecule has 5 heteroatoms. The third-order valence-corrected chi connectivity index (χ3v) is 4.24. The zero-order valence-corrected chi connectivity index (χ0v) is 13.4. The van der Waals surface area contributed by atoms with Crippen molar-refractivity contribution in [2.75, 3.05) is 18.4 Å². The topological polar surface area (TPSA) is 41.1 Å². The van der Waals surface area contributed by atoms with E-state index in [-0.39, 0.29) is 18.3 Å². The Morgan fingerprint density at radius 2 is 2.11 bits per heavy atom. The molecule has 1 aromatic rings. The fourth-order valence-electron chi connectivity index (χ4n) is 2.23. The van der Waals surface area contributed by atoms with Gasteiger partial charge in [-0.15, -0.1) is 12.4 Å². The summed E-state index contributed by atoms with van der Waals surface area (Å²) in [6.07, 6.45) is 2.84. The number of aryl methyl sites for hydroxylation is 1. The Morgan fingerprint density at radius 1 is 1.42 bits per heavy atom. The van der Waals surface area contributed by atoms with E-state index in [0.29, 0.717) is 12.3 Å². The molecule has 0 radical (unpaired) electrons. The van der Waals surface area contributed by atoms with Crippen molar-refractivity contribution in [1.29, 1.82) is 0 Å².